The summed E-state index contributed by atoms with van der Waals surface area (Å²) >= 11 is 0. The highest BCUT2D eigenvalue weighted by molar-refractivity contribution is 5.62. The van der Waals surface area contributed by atoms with Gasteiger partial charge in [0.25, 0.3) is 0 Å². The summed E-state index contributed by atoms with van der Waals surface area (Å²) in [6, 6.07) is 19.4. The Morgan fingerprint density at radius 1 is 0.933 bits per heavy atom. The second kappa shape index (κ2) is 6.40. The van der Waals surface area contributed by atoms with Crippen LogP contribution in [-0.4, -0.2) is 34.6 Å². The molecule has 2 bridgehead atoms. The quantitative estimate of drug-likeness (QED) is 0.710. The predicted molar refractivity (Wildman–Crippen MR) is 117 cm³/mol. The van der Waals surface area contributed by atoms with Gasteiger partial charge < -0.3 is 15.0 Å². The first-order chi connectivity index (χ1) is 14.6. The molecular weight excluding hydrogens is 372 g/mol. The molecule has 0 spiro atoms. The van der Waals surface area contributed by atoms with Crippen molar-refractivity contribution >= 4 is 0 Å². The topological polar surface area (TPSA) is 56.3 Å². The molecule has 1 fully saturated rings. The second-order valence-electron chi connectivity index (χ2n) is 9.24. The van der Waals surface area contributed by atoms with Crippen LogP contribution in [0.3, 0.4) is 0 Å². The number of nitrogens with zero attached hydrogens (tertiary/aromatic N) is 1. The average molecular weight is 399 g/mol. The summed E-state index contributed by atoms with van der Waals surface area (Å²) in [7, 11) is 0. The number of aromatic amines is 1. The number of rotatable bonds is 3. The second-order valence-corrected chi connectivity index (χ2v) is 9.24. The van der Waals surface area contributed by atoms with Crippen LogP contribution < -0.4 is 5.43 Å². The van der Waals surface area contributed by atoms with E-state index in [2.05, 4.69) is 58.4 Å². The molecular formula is C26H26N2O2. The molecule has 3 aromatic rings. The van der Waals surface area contributed by atoms with Gasteiger partial charge in [0.1, 0.15) is 0 Å². The molecule has 0 radical (unpaired) electrons. The number of fused-ring (bicyclic) bond motifs is 8. The first-order valence-electron chi connectivity index (χ1n) is 10.9. The highest BCUT2D eigenvalue weighted by Crippen LogP contribution is 2.60. The van der Waals surface area contributed by atoms with Crippen molar-refractivity contribution in [2.75, 3.05) is 19.6 Å². The third-order valence-corrected chi connectivity index (χ3v) is 7.76. The van der Waals surface area contributed by atoms with Crippen LogP contribution in [0, 0.1) is 0 Å². The Labute approximate surface area is 176 Å². The fraction of sp³-hybridized carbons (Fsp3) is 0.346. The number of hydrogen-bond acceptors (Lipinski definition) is 3. The molecule has 1 saturated heterocycles. The van der Waals surface area contributed by atoms with Gasteiger partial charge >= 0.3 is 0 Å². The average Bonchev–Trinajstić information content (AvgIpc) is 3.28. The fourth-order valence-corrected chi connectivity index (χ4v) is 6.32. The maximum Gasteiger partial charge on any atom is 0.187 e. The largest absolute Gasteiger partial charge is 0.385 e. The monoisotopic (exact) mass is 398 g/mol. The van der Waals surface area contributed by atoms with Gasteiger partial charge in [-0.25, -0.2) is 0 Å². The maximum atomic E-state index is 12.3. The van der Waals surface area contributed by atoms with Crippen LogP contribution in [0.5, 0.6) is 0 Å². The minimum Gasteiger partial charge on any atom is -0.385 e. The van der Waals surface area contributed by atoms with E-state index in [0.29, 0.717) is 24.3 Å². The molecule has 152 valence electrons. The van der Waals surface area contributed by atoms with Gasteiger partial charge in [0, 0.05) is 55.0 Å². The van der Waals surface area contributed by atoms with Crippen molar-refractivity contribution < 1.29 is 5.11 Å². The Balaban J connectivity index is 1.30. The van der Waals surface area contributed by atoms with E-state index in [-0.39, 0.29) is 10.8 Å². The van der Waals surface area contributed by atoms with Gasteiger partial charge in [-0.15, -0.1) is 0 Å². The van der Waals surface area contributed by atoms with Crippen LogP contribution in [0.4, 0.5) is 0 Å². The van der Waals surface area contributed by atoms with E-state index in [0.717, 1.165) is 26.1 Å². The molecule has 1 aliphatic heterocycles. The lowest BCUT2D eigenvalue weighted by Crippen LogP contribution is -2.48. The number of hydrogen-bond donors (Lipinski definition) is 2. The zero-order valence-electron chi connectivity index (χ0n) is 17.0. The van der Waals surface area contributed by atoms with Crippen molar-refractivity contribution in [2.45, 2.75) is 36.2 Å². The van der Waals surface area contributed by atoms with Gasteiger partial charge in [-0.05, 0) is 41.5 Å². The Bertz CT molecular complexity index is 1130. The van der Waals surface area contributed by atoms with E-state index in [1.165, 1.54) is 28.3 Å². The van der Waals surface area contributed by atoms with Crippen LogP contribution in [-0.2, 0) is 11.0 Å². The molecule has 2 heterocycles. The summed E-state index contributed by atoms with van der Waals surface area (Å²) < 4.78 is 0. The van der Waals surface area contributed by atoms with E-state index < -0.39 is 5.60 Å². The number of aliphatic hydroxyl groups is 1. The summed E-state index contributed by atoms with van der Waals surface area (Å²) in [5.74, 6) is 0.502. The van der Waals surface area contributed by atoms with Crippen molar-refractivity contribution in [3.05, 3.63) is 105 Å². The third-order valence-electron chi connectivity index (χ3n) is 7.76. The molecule has 4 heteroatoms. The van der Waals surface area contributed by atoms with E-state index in [9.17, 15) is 9.90 Å². The Hall–Kier alpha value is -2.69. The molecule has 2 aromatic carbocycles. The van der Waals surface area contributed by atoms with Gasteiger partial charge in [0.2, 0.25) is 0 Å². The number of benzene rings is 2. The van der Waals surface area contributed by atoms with Crippen LogP contribution in [0.25, 0.3) is 0 Å². The van der Waals surface area contributed by atoms with Crippen molar-refractivity contribution in [3.63, 3.8) is 0 Å². The molecule has 0 unspecified atom stereocenters. The zero-order chi connectivity index (χ0) is 20.3. The Morgan fingerprint density at radius 3 is 2.20 bits per heavy atom. The van der Waals surface area contributed by atoms with Crippen LogP contribution >= 0.6 is 0 Å². The standard InChI is InChI=1S/C26H26N2O2/c29-24-9-12-27-16-23(24)26(30)10-13-28(14-11-26)17-25-15-20(18-5-1-3-7-21(18)25)19-6-2-4-8-22(19)25/h1-9,12,16,20,30H,10-11,13-15,17H2,(H,27,29). The minimum absolute atomic E-state index is 0.0392. The molecule has 3 aliphatic rings. The first-order valence-corrected chi connectivity index (χ1v) is 10.9. The number of aromatic nitrogens is 1. The van der Waals surface area contributed by atoms with Gasteiger partial charge in [-0.3, -0.25) is 4.79 Å². The lowest BCUT2D eigenvalue weighted by molar-refractivity contribution is -0.0299. The highest BCUT2D eigenvalue weighted by atomic mass is 16.3. The van der Waals surface area contributed by atoms with E-state index in [1.54, 1.807) is 12.4 Å². The number of piperidine rings is 1. The molecule has 4 nitrogen and oxygen atoms in total. The molecule has 0 amide bonds. The van der Waals surface area contributed by atoms with Crippen molar-refractivity contribution in [1.82, 2.24) is 9.88 Å². The SMILES string of the molecule is O=c1cc[nH]cc1C1(O)CCN(CC23CC(c4ccccc42)c2ccccc23)CC1. The number of likely N-dealkylation sites (tertiary alicyclic amines) is 1. The summed E-state index contributed by atoms with van der Waals surface area (Å²) in [4.78, 5) is 17.7. The molecule has 2 aliphatic carbocycles. The molecule has 1 aromatic heterocycles. The molecule has 0 atom stereocenters. The van der Waals surface area contributed by atoms with Gasteiger partial charge in [0.15, 0.2) is 5.43 Å². The van der Waals surface area contributed by atoms with Crippen molar-refractivity contribution in [3.8, 4) is 0 Å². The lowest BCUT2D eigenvalue weighted by Gasteiger charge is -2.42. The number of pyridine rings is 1. The summed E-state index contributed by atoms with van der Waals surface area (Å²) in [6.45, 7) is 2.56. The zero-order valence-corrected chi connectivity index (χ0v) is 17.0. The Kier molecular flexibility index (Phi) is 3.86. The summed E-state index contributed by atoms with van der Waals surface area (Å²) in [6.07, 6.45) is 5.60. The van der Waals surface area contributed by atoms with Crippen molar-refractivity contribution in [2.24, 2.45) is 0 Å². The van der Waals surface area contributed by atoms with Crippen molar-refractivity contribution in [1.29, 1.82) is 0 Å². The minimum atomic E-state index is -1.04. The normalized spacial score (nSPS) is 26.4. The number of nitrogens with one attached hydrogen (secondary N) is 1. The van der Waals surface area contributed by atoms with Crippen LogP contribution in [0.1, 0.15) is 53.0 Å². The summed E-state index contributed by atoms with van der Waals surface area (Å²) in [5, 5.41) is 11.2. The molecule has 0 saturated carbocycles. The maximum absolute atomic E-state index is 12.3. The van der Waals surface area contributed by atoms with Crippen LogP contribution in [0.2, 0.25) is 0 Å². The third kappa shape index (κ3) is 2.44. The van der Waals surface area contributed by atoms with E-state index in [4.69, 9.17) is 0 Å². The first kappa shape index (κ1) is 18.1. The molecule has 6 rings (SSSR count). The van der Waals surface area contributed by atoms with E-state index in [1.807, 2.05) is 0 Å². The number of H-pyrrole nitrogens is 1. The van der Waals surface area contributed by atoms with Gasteiger partial charge in [-0.2, -0.15) is 0 Å². The lowest BCUT2D eigenvalue weighted by atomic mass is 9.74. The highest BCUT2D eigenvalue weighted by Gasteiger charge is 2.53. The fourth-order valence-electron chi connectivity index (χ4n) is 6.32. The predicted octanol–water partition coefficient (Wildman–Crippen LogP) is 3.49. The van der Waals surface area contributed by atoms with Gasteiger partial charge in [-0.1, -0.05) is 48.5 Å². The molecule has 2 N–H and O–H groups in total. The van der Waals surface area contributed by atoms with Gasteiger partial charge in [0.05, 0.1) is 5.60 Å². The van der Waals surface area contributed by atoms with Crippen LogP contribution in [0.15, 0.2) is 71.8 Å². The smallest absolute Gasteiger partial charge is 0.187 e. The summed E-state index contributed by atoms with van der Waals surface area (Å²) in [5.41, 5.74) is 5.36. The van der Waals surface area contributed by atoms with E-state index >= 15 is 0 Å². The molecule has 30 heavy (non-hydrogen) atoms. The Morgan fingerprint density at radius 2 is 1.57 bits per heavy atom.